The van der Waals surface area contributed by atoms with Gasteiger partial charge in [0.25, 0.3) is 0 Å². The average molecular weight is 265 g/mol. The number of ether oxygens (including phenoxy) is 1. The van der Waals surface area contributed by atoms with Crippen LogP contribution in [0.15, 0.2) is 30.3 Å². The first kappa shape index (κ1) is 13.0. The molecule has 0 saturated carbocycles. The average Bonchev–Trinajstić information content (AvgIpc) is 2.71. The molecule has 0 N–H and O–H groups in total. The van der Waals surface area contributed by atoms with Crippen LogP contribution in [0.5, 0.6) is 5.75 Å². The van der Waals surface area contributed by atoms with Crippen LogP contribution in [0, 0.1) is 0 Å². The molecule has 1 aromatic heterocycles. The second-order valence-corrected chi connectivity index (χ2v) is 5.60. The molecule has 4 heteroatoms. The van der Waals surface area contributed by atoms with Gasteiger partial charge in [0.2, 0.25) is 0 Å². The first-order valence-electron chi connectivity index (χ1n) is 5.82. The van der Waals surface area contributed by atoms with E-state index in [4.69, 9.17) is 16.3 Å². The summed E-state index contributed by atoms with van der Waals surface area (Å²) in [5.41, 5.74) is 1.85. The van der Waals surface area contributed by atoms with Gasteiger partial charge < -0.3 is 4.74 Å². The van der Waals surface area contributed by atoms with E-state index in [9.17, 15) is 0 Å². The lowest BCUT2D eigenvalue weighted by molar-refractivity contribution is 0.414. The summed E-state index contributed by atoms with van der Waals surface area (Å²) in [4.78, 5) is 0. The fourth-order valence-electron chi connectivity index (χ4n) is 1.65. The number of halogens is 1. The Bertz CT molecular complexity index is 555. The van der Waals surface area contributed by atoms with E-state index in [1.54, 1.807) is 11.8 Å². The largest absolute Gasteiger partial charge is 0.497 e. The van der Waals surface area contributed by atoms with E-state index < -0.39 is 0 Å². The van der Waals surface area contributed by atoms with E-state index in [1.165, 1.54) is 0 Å². The van der Waals surface area contributed by atoms with Crippen LogP contribution in [0.2, 0.25) is 5.15 Å². The molecule has 0 saturated heterocycles. The minimum atomic E-state index is -0.0201. The lowest BCUT2D eigenvalue weighted by atomic mass is 9.93. The standard InChI is InChI=1S/C14H17ClN2O/c1-14(2,3)12-9-13(15)17(16-12)10-6-5-7-11(8-10)18-4/h5-9H,1-4H3. The summed E-state index contributed by atoms with van der Waals surface area (Å²) in [6, 6.07) is 9.58. The molecule has 2 rings (SSSR count). The summed E-state index contributed by atoms with van der Waals surface area (Å²) in [6.45, 7) is 6.34. The number of rotatable bonds is 2. The molecule has 0 aliphatic heterocycles. The molecule has 0 bridgehead atoms. The number of methoxy groups -OCH3 is 1. The third-order valence-corrected chi connectivity index (χ3v) is 3.00. The number of nitrogens with zero attached hydrogens (tertiary/aromatic N) is 2. The first-order chi connectivity index (χ1) is 8.41. The molecule has 2 aromatic rings. The van der Waals surface area contributed by atoms with Crippen LogP contribution in [0.1, 0.15) is 26.5 Å². The molecule has 0 aliphatic rings. The van der Waals surface area contributed by atoms with E-state index in [-0.39, 0.29) is 5.41 Å². The van der Waals surface area contributed by atoms with Gasteiger partial charge in [-0.05, 0) is 18.2 Å². The molecule has 1 heterocycles. The predicted octanol–water partition coefficient (Wildman–Crippen LogP) is 3.83. The van der Waals surface area contributed by atoms with Gasteiger partial charge in [0.1, 0.15) is 10.9 Å². The Morgan fingerprint density at radius 1 is 1.22 bits per heavy atom. The maximum atomic E-state index is 6.24. The van der Waals surface area contributed by atoms with E-state index in [2.05, 4.69) is 25.9 Å². The second kappa shape index (κ2) is 4.65. The van der Waals surface area contributed by atoms with Crippen LogP contribution in [0.3, 0.4) is 0 Å². The Balaban J connectivity index is 2.47. The maximum Gasteiger partial charge on any atom is 0.133 e. The maximum absolute atomic E-state index is 6.24. The van der Waals surface area contributed by atoms with E-state index >= 15 is 0 Å². The quantitative estimate of drug-likeness (QED) is 0.824. The van der Waals surface area contributed by atoms with E-state index in [0.29, 0.717) is 5.15 Å². The Kier molecular flexibility index (Phi) is 3.35. The lowest BCUT2D eigenvalue weighted by Gasteiger charge is -2.14. The summed E-state index contributed by atoms with van der Waals surface area (Å²) < 4.78 is 6.93. The topological polar surface area (TPSA) is 27.1 Å². The molecule has 96 valence electrons. The number of hydrogen-bond acceptors (Lipinski definition) is 2. The van der Waals surface area contributed by atoms with Crippen molar-refractivity contribution in [3.05, 3.63) is 41.2 Å². The first-order valence-corrected chi connectivity index (χ1v) is 6.20. The Morgan fingerprint density at radius 2 is 1.94 bits per heavy atom. The second-order valence-electron chi connectivity index (χ2n) is 5.22. The molecule has 0 amide bonds. The van der Waals surface area contributed by atoms with Gasteiger partial charge in [-0.25, -0.2) is 4.68 Å². The van der Waals surface area contributed by atoms with Crippen LogP contribution < -0.4 is 4.74 Å². The van der Waals surface area contributed by atoms with Crippen molar-refractivity contribution >= 4 is 11.6 Å². The fourth-order valence-corrected chi connectivity index (χ4v) is 1.89. The smallest absolute Gasteiger partial charge is 0.133 e. The van der Waals surface area contributed by atoms with Crippen molar-refractivity contribution in [1.29, 1.82) is 0 Å². The molecule has 0 spiro atoms. The molecule has 0 atom stereocenters. The summed E-state index contributed by atoms with van der Waals surface area (Å²) in [5, 5.41) is 5.16. The molecule has 0 aliphatic carbocycles. The van der Waals surface area contributed by atoms with Gasteiger partial charge in [0, 0.05) is 11.5 Å². The minimum Gasteiger partial charge on any atom is -0.497 e. The molecule has 0 unspecified atom stereocenters. The molecule has 0 fully saturated rings. The highest BCUT2D eigenvalue weighted by molar-refractivity contribution is 6.29. The van der Waals surface area contributed by atoms with Crippen molar-refractivity contribution < 1.29 is 4.74 Å². The molecular formula is C14H17ClN2O. The van der Waals surface area contributed by atoms with Gasteiger partial charge in [0.15, 0.2) is 0 Å². The molecule has 1 aromatic carbocycles. The van der Waals surface area contributed by atoms with Crippen molar-refractivity contribution in [2.45, 2.75) is 26.2 Å². The number of aromatic nitrogens is 2. The van der Waals surface area contributed by atoms with Gasteiger partial charge >= 0.3 is 0 Å². The van der Waals surface area contributed by atoms with Crippen LogP contribution >= 0.6 is 11.6 Å². The van der Waals surface area contributed by atoms with Gasteiger partial charge in [-0.15, -0.1) is 0 Å². The lowest BCUT2D eigenvalue weighted by Crippen LogP contribution is -2.12. The van der Waals surface area contributed by atoms with Gasteiger partial charge in [-0.1, -0.05) is 38.4 Å². The summed E-state index contributed by atoms with van der Waals surface area (Å²) in [5.74, 6) is 0.788. The SMILES string of the molecule is COc1cccc(-n2nc(C(C)(C)C)cc2Cl)c1. The third kappa shape index (κ3) is 2.51. The van der Waals surface area contributed by atoms with Crippen molar-refractivity contribution in [3.8, 4) is 11.4 Å². The molecule has 3 nitrogen and oxygen atoms in total. The Morgan fingerprint density at radius 3 is 2.50 bits per heavy atom. The number of hydrogen-bond donors (Lipinski definition) is 0. The van der Waals surface area contributed by atoms with Crippen LogP contribution in [0.4, 0.5) is 0 Å². The highest BCUT2D eigenvalue weighted by Gasteiger charge is 2.19. The number of benzene rings is 1. The van der Waals surface area contributed by atoms with Crippen LogP contribution in [-0.2, 0) is 5.41 Å². The Hall–Kier alpha value is -1.48. The summed E-state index contributed by atoms with van der Waals surface area (Å²) in [7, 11) is 1.64. The Labute approximate surface area is 112 Å². The third-order valence-electron chi connectivity index (χ3n) is 2.73. The van der Waals surface area contributed by atoms with Crippen molar-refractivity contribution in [1.82, 2.24) is 9.78 Å². The van der Waals surface area contributed by atoms with E-state index in [1.807, 2.05) is 30.3 Å². The highest BCUT2D eigenvalue weighted by atomic mass is 35.5. The van der Waals surface area contributed by atoms with Crippen molar-refractivity contribution in [2.75, 3.05) is 7.11 Å². The molecule has 18 heavy (non-hydrogen) atoms. The zero-order valence-corrected chi connectivity index (χ0v) is 11.8. The monoisotopic (exact) mass is 264 g/mol. The highest BCUT2D eigenvalue weighted by Crippen LogP contribution is 2.27. The van der Waals surface area contributed by atoms with Crippen molar-refractivity contribution in [2.24, 2.45) is 0 Å². The predicted molar refractivity (Wildman–Crippen MR) is 73.8 cm³/mol. The van der Waals surface area contributed by atoms with Crippen LogP contribution in [-0.4, -0.2) is 16.9 Å². The molecular weight excluding hydrogens is 248 g/mol. The van der Waals surface area contributed by atoms with Gasteiger partial charge in [-0.3, -0.25) is 0 Å². The summed E-state index contributed by atoms with van der Waals surface area (Å²) >= 11 is 6.24. The molecule has 0 radical (unpaired) electrons. The van der Waals surface area contributed by atoms with Gasteiger partial charge in [-0.2, -0.15) is 5.10 Å². The zero-order valence-electron chi connectivity index (χ0n) is 11.1. The minimum absolute atomic E-state index is 0.0201. The van der Waals surface area contributed by atoms with Crippen LogP contribution in [0.25, 0.3) is 5.69 Å². The zero-order chi connectivity index (χ0) is 13.3. The van der Waals surface area contributed by atoms with Crippen molar-refractivity contribution in [3.63, 3.8) is 0 Å². The van der Waals surface area contributed by atoms with Gasteiger partial charge in [0.05, 0.1) is 18.5 Å². The van der Waals surface area contributed by atoms with E-state index in [0.717, 1.165) is 17.1 Å². The normalized spacial score (nSPS) is 11.6. The fraction of sp³-hybridized carbons (Fsp3) is 0.357. The summed E-state index contributed by atoms with van der Waals surface area (Å²) in [6.07, 6.45) is 0.